The lowest BCUT2D eigenvalue weighted by atomic mass is 10.1. The van der Waals surface area contributed by atoms with Crippen LogP contribution in [-0.2, 0) is 11.3 Å². The molecular weight excluding hydrogens is 354 g/mol. The van der Waals surface area contributed by atoms with Crippen LogP contribution in [0, 0.1) is 13.8 Å². The van der Waals surface area contributed by atoms with Crippen LogP contribution < -0.4 is 5.32 Å². The first-order chi connectivity index (χ1) is 13.0. The molecule has 27 heavy (non-hydrogen) atoms. The SMILES string of the molecule is CSc1ccc(CN2CCN(CC(=O)Nc3cccc(C)c3C)CC2)cc1. The highest BCUT2D eigenvalue weighted by Gasteiger charge is 2.19. The van der Waals surface area contributed by atoms with Crippen LogP contribution in [0.25, 0.3) is 0 Å². The van der Waals surface area contributed by atoms with Gasteiger partial charge in [-0.25, -0.2) is 0 Å². The van der Waals surface area contributed by atoms with Crippen LogP contribution in [-0.4, -0.2) is 54.7 Å². The van der Waals surface area contributed by atoms with Gasteiger partial charge in [0.05, 0.1) is 6.54 Å². The van der Waals surface area contributed by atoms with Gasteiger partial charge in [0.15, 0.2) is 0 Å². The molecule has 2 aromatic carbocycles. The first-order valence-corrected chi connectivity index (χ1v) is 10.7. The molecule has 2 aromatic rings. The van der Waals surface area contributed by atoms with Gasteiger partial charge in [0.25, 0.3) is 0 Å². The highest BCUT2D eigenvalue weighted by Crippen LogP contribution is 2.18. The summed E-state index contributed by atoms with van der Waals surface area (Å²) < 4.78 is 0. The lowest BCUT2D eigenvalue weighted by molar-refractivity contribution is -0.117. The Labute approximate surface area is 166 Å². The molecule has 0 aliphatic carbocycles. The summed E-state index contributed by atoms with van der Waals surface area (Å²) >= 11 is 1.77. The standard InChI is InChI=1S/C22H29N3OS/c1-17-5-4-6-21(18(17)2)23-22(26)16-25-13-11-24(12-14-25)15-19-7-9-20(27-3)10-8-19/h4-10H,11-16H2,1-3H3,(H,23,26). The molecular formula is C22H29N3OS. The van der Waals surface area contributed by atoms with Crippen molar-refractivity contribution < 1.29 is 4.79 Å². The van der Waals surface area contributed by atoms with Crippen molar-refractivity contribution in [3.8, 4) is 0 Å². The molecule has 0 atom stereocenters. The van der Waals surface area contributed by atoms with Crippen LogP contribution >= 0.6 is 11.8 Å². The summed E-state index contributed by atoms with van der Waals surface area (Å²) in [6, 6.07) is 14.8. The van der Waals surface area contributed by atoms with E-state index in [1.165, 1.54) is 16.0 Å². The molecule has 1 amide bonds. The van der Waals surface area contributed by atoms with Gasteiger partial charge in [0.2, 0.25) is 5.91 Å². The highest BCUT2D eigenvalue weighted by molar-refractivity contribution is 7.98. The van der Waals surface area contributed by atoms with Crippen molar-refractivity contribution in [1.29, 1.82) is 0 Å². The zero-order valence-electron chi connectivity index (χ0n) is 16.5. The maximum Gasteiger partial charge on any atom is 0.238 e. The summed E-state index contributed by atoms with van der Waals surface area (Å²) in [5, 5.41) is 3.06. The molecule has 0 spiro atoms. The minimum absolute atomic E-state index is 0.0739. The molecule has 0 bridgehead atoms. The molecule has 1 saturated heterocycles. The summed E-state index contributed by atoms with van der Waals surface area (Å²) in [6.45, 7) is 9.43. The lowest BCUT2D eigenvalue weighted by Gasteiger charge is -2.34. The van der Waals surface area contributed by atoms with Gasteiger partial charge in [-0.1, -0.05) is 24.3 Å². The quantitative estimate of drug-likeness (QED) is 0.770. The van der Waals surface area contributed by atoms with Crippen molar-refractivity contribution in [2.45, 2.75) is 25.3 Å². The Bertz CT molecular complexity index is 768. The number of carbonyl (C=O) groups is 1. The molecule has 144 valence electrons. The average Bonchev–Trinajstić information content (AvgIpc) is 2.67. The predicted octanol–water partition coefficient (Wildman–Crippen LogP) is 3.78. The molecule has 1 aliphatic heterocycles. The molecule has 0 aromatic heterocycles. The number of nitrogens with zero attached hydrogens (tertiary/aromatic N) is 2. The van der Waals surface area contributed by atoms with Gasteiger partial charge in [-0.2, -0.15) is 0 Å². The van der Waals surface area contributed by atoms with Gasteiger partial charge in [0.1, 0.15) is 0 Å². The predicted molar refractivity (Wildman–Crippen MR) is 114 cm³/mol. The molecule has 1 fully saturated rings. The summed E-state index contributed by atoms with van der Waals surface area (Å²) in [5.74, 6) is 0.0739. The van der Waals surface area contributed by atoms with E-state index in [1.807, 2.05) is 12.1 Å². The second-order valence-corrected chi connectivity index (χ2v) is 8.08. The number of carbonyl (C=O) groups excluding carboxylic acids is 1. The van der Waals surface area contributed by atoms with Gasteiger partial charge >= 0.3 is 0 Å². The minimum atomic E-state index is 0.0739. The number of aryl methyl sites for hydroxylation is 1. The minimum Gasteiger partial charge on any atom is -0.325 e. The van der Waals surface area contributed by atoms with Crippen molar-refractivity contribution in [3.05, 3.63) is 59.2 Å². The van der Waals surface area contributed by atoms with E-state index >= 15 is 0 Å². The maximum atomic E-state index is 12.4. The number of hydrogen-bond acceptors (Lipinski definition) is 4. The van der Waals surface area contributed by atoms with Gasteiger partial charge in [0, 0.05) is 43.3 Å². The number of nitrogens with one attached hydrogen (secondary N) is 1. The fourth-order valence-corrected chi connectivity index (χ4v) is 3.78. The Hall–Kier alpha value is -1.82. The normalized spacial score (nSPS) is 15.7. The van der Waals surface area contributed by atoms with E-state index in [4.69, 9.17) is 0 Å². The fourth-order valence-electron chi connectivity index (χ4n) is 3.37. The Kier molecular flexibility index (Phi) is 6.94. The average molecular weight is 384 g/mol. The Morgan fingerprint density at radius 2 is 1.67 bits per heavy atom. The molecule has 1 aliphatic rings. The zero-order chi connectivity index (χ0) is 19.2. The number of amides is 1. The third-order valence-corrected chi connectivity index (χ3v) is 6.02. The molecule has 0 saturated carbocycles. The van der Waals surface area contributed by atoms with Crippen molar-refractivity contribution in [3.63, 3.8) is 0 Å². The summed E-state index contributed by atoms with van der Waals surface area (Å²) in [5.41, 5.74) is 4.62. The number of anilines is 1. The van der Waals surface area contributed by atoms with E-state index < -0.39 is 0 Å². The second-order valence-electron chi connectivity index (χ2n) is 7.20. The van der Waals surface area contributed by atoms with E-state index in [0.29, 0.717) is 6.54 Å². The Balaban J connectivity index is 1.44. The van der Waals surface area contributed by atoms with E-state index in [2.05, 4.69) is 65.6 Å². The summed E-state index contributed by atoms with van der Waals surface area (Å²) in [7, 11) is 0. The van der Waals surface area contributed by atoms with Gasteiger partial charge in [-0.05, 0) is 55.0 Å². The van der Waals surface area contributed by atoms with Crippen molar-refractivity contribution in [2.24, 2.45) is 0 Å². The lowest BCUT2D eigenvalue weighted by Crippen LogP contribution is -2.48. The zero-order valence-corrected chi connectivity index (χ0v) is 17.3. The Morgan fingerprint density at radius 1 is 1.00 bits per heavy atom. The monoisotopic (exact) mass is 383 g/mol. The second kappa shape index (κ2) is 9.40. The molecule has 4 nitrogen and oxygen atoms in total. The van der Waals surface area contributed by atoms with E-state index in [-0.39, 0.29) is 5.91 Å². The van der Waals surface area contributed by atoms with Crippen LogP contribution in [0.5, 0.6) is 0 Å². The van der Waals surface area contributed by atoms with E-state index in [1.54, 1.807) is 11.8 Å². The molecule has 1 N–H and O–H groups in total. The van der Waals surface area contributed by atoms with Crippen LogP contribution in [0.4, 0.5) is 5.69 Å². The summed E-state index contributed by atoms with van der Waals surface area (Å²) in [6.07, 6.45) is 2.10. The Morgan fingerprint density at radius 3 is 2.33 bits per heavy atom. The molecule has 3 rings (SSSR count). The van der Waals surface area contributed by atoms with Crippen molar-refractivity contribution in [1.82, 2.24) is 9.80 Å². The van der Waals surface area contributed by atoms with Gasteiger partial charge in [-0.3, -0.25) is 14.6 Å². The smallest absolute Gasteiger partial charge is 0.238 e. The van der Waals surface area contributed by atoms with Crippen LogP contribution in [0.1, 0.15) is 16.7 Å². The molecule has 1 heterocycles. The largest absolute Gasteiger partial charge is 0.325 e. The highest BCUT2D eigenvalue weighted by atomic mass is 32.2. The van der Waals surface area contributed by atoms with Crippen molar-refractivity contribution in [2.75, 3.05) is 44.3 Å². The first-order valence-electron chi connectivity index (χ1n) is 9.49. The number of hydrogen-bond donors (Lipinski definition) is 1. The first kappa shape index (κ1) is 19.9. The van der Waals surface area contributed by atoms with Gasteiger partial charge < -0.3 is 5.32 Å². The van der Waals surface area contributed by atoms with Crippen LogP contribution in [0.2, 0.25) is 0 Å². The topological polar surface area (TPSA) is 35.6 Å². The van der Waals surface area contributed by atoms with Crippen LogP contribution in [0.15, 0.2) is 47.4 Å². The van der Waals surface area contributed by atoms with E-state index in [9.17, 15) is 4.79 Å². The number of rotatable bonds is 6. The third-order valence-electron chi connectivity index (χ3n) is 5.28. The fraction of sp³-hybridized carbons (Fsp3) is 0.409. The summed E-state index contributed by atoms with van der Waals surface area (Å²) in [4.78, 5) is 18.4. The van der Waals surface area contributed by atoms with Crippen molar-refractivity contribution >= 4 is 23.4 Å². The third kappa shape index (κ3) is 5.58. The maximum absolute atomic E-state index is 12.4. The molecule has 0 radical (unpaired) electrons. The van der Waals surface area contributed by atoms with Crippen LogP contribution in [0.3, 0.4) is 0 Å². The number of thioether (sulfide) groups is 1. The molecule has 0 unspecified atom stereocenters. The molecule has 5 heteroatoms. The number of piperazine rings is 1. The van der Waals surface area contributed by atoms with E-state index in [0.717, 1.165) is 44.0 Å². The number of benzene rings is 2. The van der Waals surface area contributed by atoms with Gasteiger partial charge in [-0.15, -0.1) is 11.8 Å².